The molecule has 3 aliphatic carbocycles. The molecule has 13 heavy (non-hydrogen) atoms. The predicted octanol–water partition coefficient (Wildman–Crippen LogP) is 2.31. The van der Waals surface area contributed by atoms with Crippen LogP contribution in [0.2, 0.25) is 0 Å². The Morgan fingerprint density at radius 2 is 2.15 bits per heavy atom. The first-order valence-electron chi connectivity index (χ1n) is 4.88. The van der Waals surface area contributed by atoms with E-state index < -0.39 is 0 Å². The van der Waals surface area contributed by atoms with Gasteiger partial charge >= 0.3 is 0 Å². The molecule has 0 saturated heterocycles. The molecule has 2 nitrogen and oxygen atoms in total. The van der Waals surface area contributed by atoms with Crippen molar-refractivity contribution in [2.45, 2.75) is 27.2 Å². The van der Waals surface area contributed by atoms with Crippen LogP contribution in [0, 0.1) is 23.2 Å². The number of aliphatic hydroxyl groups is 1. The summed E-state index contributed by atoms with van der Waals surface area (Å²) in [6.07, 6.45) is 2.03. The molecule has 0 spiro atoms. The zero-order valence-electron chi connectivity index (χ0n) is 8.37. The van der Waals surface area contributed by atoms with Gasteiger partial charge in [0, 0.05) is 11.5 Å². The molecule has 3 rings (SSSR count). The number of fused-ring (bicyclic) bond motifs is 2. The van der Waals surface area contributed by atoms with Crippen molar-refractivity contribution in [3.8, 4) is 0 Å². The fraction of sp³-hybridized carbons (Fsp3) is 0.727. The van der Waals surface area contributed by atoms with Gasteiger partial charge in [-0.15, -0.1) is 0 Å². The van der Waals surface area contributed by atoms with Crippen LogP contribution in [0.3, 0.4) is 0 Å². The summed E-state index contributed by atoms with van der Waals surface area (Å²) in [5.41, 5.74) is 0.795. The number of Topliss-reactive ketones (excluding diaryl/α,β-unsaturated/α-hetero) is 1. The van der Waals surface area contributed by atoms with E-state index in [4.69, 9.17) is 5.11 Å². The Morgan fingerprint density at radius 1 is 1.54 bits per heavy atom. The molecule has 0 aliphatic heterocycles. The quantitative estimate of drug-likeness (QED) is 0.459. The van der Waals surface area contributed by atoms with Crippen LogP contribution in [-0.4, -0.2) is 10.9 Å². The Labute approximate surface area is 78.6 Å². The van der Waals surface area contributed by atoms with Crippen molar-refractivity contribution in [3.63, 3.8) is 0 Å². The highest BCUT2D eigenvalue weighted by atomic mass is 16.2. The molecule has 3 aliphatic rings. The maximum absolute atomic E-state index is 11.8. The number of rotatable bonds is 0. The van der Waals surface area contributed by atoms with Crippen LogP contribution in [0.5, 0.6) is 0 Å². The van der Waals surface area contributed by atoms with Crippen molar-refractivity contribution in [3.05, 3.63) is 11.8 Å². The van der Waals surface area contributed by atoms with E-state index in [1.165, 1.54) is 0 Å². The minimum Gasteiger partial charge on any atom is -0.515 e. The smallest absolute Gasteiger partial charge is 0.165 e. The first kappa shape index (κ1) is 8.79. The zero-order chi connectivity index (χ0) is 9.80. The highest BCUT2D eigenvalue weighted by Gasteiger charge is 2.59. The van der Waals surface area contributed by atoms with Gasteiger partial charge in [-0.1, -0.05) is 20.8 Å². The summed E-state index contributed by atoms with van der Waals surface area (Å²) in [4.78, 5) is 11.8. The molecule has 0 amide bonds. The van der Waals surface area contributed by atoms with E-state index in [0.29, 0.717) is 11.5 Å². The number of hydrogen-bond acceptors (Lipinski definition) is 2. The highest BCUT2D eigenvalue weighted by Crippen LogP contribution is 2.61. The monoisotopic (exact) mass is 180 g/mol. The Balaban J connectivity index is 2.37. The van der Waals surface area contributed by atoms with Crippen molar-refractivity contribution in [2.75, 3.05) is 0 Å². The van der Waals surface area contributed by atoms with Crippen LogP contribution in [-0.2, 0) is 4.79 Å². The van der Waals surface area contributed by atoms with Crippen molar-refractivity contribution in [1.29, 1.82) is 0 Å². The molecular formula is C11H16O2. The molecule has 0 aromatic rings. The van der Waals surface area contributed by atoms with Crippen LogP contribution < -0.4 is 0 Å². The van der Waals surface area contributed by atoms with E-state index >= 15 is 0 Å². The summed E-state index contributed by atoms with van der Waals surface area (Å²) in [5.74, 6) is 1.14. The minimum atomic E-state index is 0.156. The number of hydrogen-bond donors (Lipinski definition) is 1. The Bertz CT molecular complexity index is 288. The van der Waals surface area contributed by atoms with Crippen LogP contribution in [0.25, 0.3) is 0 Å². The van der Waals surface area contributed by atoms with Crippen LogP contribution in [0.1, 0.15) is 27.2 Å². The van der Waals surface area contributed by atoms with Gasteiger partial charge in [0.25, 0.3) is 0 Å². The number of carbonyl (C=O) groups is 1. The van der Waals surface area contributed by atoms with E-state index in [1.54, 1.807) is 0 Å². The number of allylic oxidation sites excluding steroid dienone is 1. The van der Waals surface area contributed by atoms with Crippen molar-refractivity contribution < 1.29 is 9.90 Å². The predicted molar refractivity (Wildman–Crippen MR) is 50.3 cm³/mol. The molecule has 2 heteroatoms. The minimum absolute atomic E-state index is 0.156. The molecule has 0 aromatic heterocycles. The van der Waals surface area contributed by atoms with Gasteiger partial charge in [0.15, 0.2) is 5.78 Å². The fourth-order valence-electron chi connectivity index (χ4n) is 3.08. The second kappa shape index (κ2) is 2.37. The summed E-state index contributed by atoms with van der Waals surface area (Å²) in [7, 11) is 0. The lowest BCUT2D eigenvalue weighted by Crippen LogP contribution is -2.57. The molecule has 3 saturated carbocycles. The third-order valence-electron chi connectivity index (χ3n) is 4.18. The average Bonchev–Trinajstić information content (AvgIpc) is 2.02. The lowest BCUT2D eigenvalue weighted by Gasteiger charge is -2.58. The van der Waals surface area contributed by atoms with Gasteiger partial charge in [-0.2, -0.15) is 0 Å². The van der Waals surface area contributed by atoms with Crippen molar-refractivity contribution in [2.24, 2.45) is 23.2 Å². The number of aliphatic hydroxyl groups excluding tert-OH is 1. The Hall–Kier alpha value is -0.790. The second-order valence-electron chi connectivity index (χ2n) is 4.95. The molecule has 1 N–H and O–H groups in total. The molecule has 72 valence electrons. The van der Waals surface area contributed by atoms with E-state index in [2.05, 4.69) is 13.8 Å². The second-order valence-corrected chi connectivity index (χ2v) is 4.95. The summed E-state index contributed by atoms with van der Waals surface area (Å²) in [6, 6.07) is 0. The van der Waals surface area contributed by atoms with Crippen LogP contribution in [0.15, 0.2) is 11.8 Å². The highest BCUT2D eigenvalue weighted by molar-refractivity contribution is 6.00. The van der Waals surface area contributed by atoms with Crippen LogP contribution in [0.4, 0.5) is 0 Å². The maximum Gasteiger partial charge on any atom is 0.165 e. The summed E-state index contributed by atoms with van der Waals surface area (Å²) in [5, 5.41) is 8.96. The maximum atomic E-state index is 11.8. The Morgan fingerprint density at radius 3 is 2.54 bits per heavy atom. The summed E-state index contributed by atoms with van der Waals surface area (Å²) >= 11 is 0. The number of carbonyl (C=O) groups excluding carboxylic acids is 1. The van der Waals surface area contributed by atoms with E-state index in [0.717, 1.165) is 12.7 Å². The Kier molecular flexibility index (Phi) is 1.60. The fourth-order valence-corrected chi connectivity index (χ4v) is 3.08. The molecule has 0 heterocycles. The van der Waals surface area contributed by atoms with E-state index in [1.807, 2.05) is 6.92 Å². The summed E-state index contributed by atoms with van der Waals surface area (Å²) < 4.78 is 0. The molecule has 0 unspecified atom stereocenters. The van der Waals surface area contributed by atoms with E-state index in [9.17, 15) is 4.79 Å². The van der Waals surface area contributed by atoms with Crippen molar-refractivity contribution >= 4 is 5.78 Å². The molecular weight excluding hydrogens is 164 g/mol. The molecule has 2 bridgehead atoms. The lowest BCUT2D eigenvalue weighted by molar-refractivity contribution is -0.146. The third kappa shape index (κ3) is 0.862. The lowest BCUT2D eigenvalue weighted by atomic mass is 9.44. The average molecular weight is 180 g/mol. The first-order chi connectivity index (χ1) is 6.00. The standard InChI is InChI=1S/C11H16O2/c1-6-7(5-12)10(13)9-4-8(6)11(9,2)3/h5-6,8-9,12H,4H2,1-3H3/b7-5-/t6-,8-,9+/m0/s1. The zero-order valence-corrected chi connectivity index (χ0v) is 8.37. The van der Waals surface area contributed by atoms with Gasteiger partial charge in [-0.05, 0) is 23.7 Å². The topological polar surface area (TPSA) is 37.3 Å². The molecule has 3 fully saturated rings. The molecule has 0 aromatic carbocycles. The van der Waals surface area contributed by atoms with Gasteiger partial charge in [0.2, 0.25) is 0 Å². The van der Waals surface area contributed by atoms with Crippen molar-refractivity contribution in [1.82, 2.24) is 0 Å². The molecule has 0 radical (unpaired) electrons. The van der Waals surface area contributed by atoms with Gasteiger partial charge < -0.3 is 5.11 Å². The van der Waals surface area contributed by atoms with Gasteiger partial charge in [-0.3, -0.25) is 4.79 Å². The van der Waals surface area contributed by atoms with E-state index in [-0.39, 0.29) is 23.0 Å². The SMILES string of the molecule is C[C@H]1/C(=C/O)C(=O)[C@H]2C[C@@H]1C2(C)C. The largest absolute Gasteiger partial charge is 0.515 e. The van der Waals surface area contributed by atoms with Gasteiger partial charge in [-0.25, -0.2) is 0 Å². The summed E-state index contributed by atoms with van der Waals surface area (Å²) in [6.45, 7) is 6.37. The normalized spacial score (nSPS) is 44.7. The van der Waals surface area contributed by atoms with Crippen LogP contribution >= 0.6 is 0 Å². The number of ketones is 1. The first-order valence-corrected chi connectivity index (χ1v) is 4.88. The van der Waals surface area contributed by atoms with Gasteiger partial charge in [0.1, 0.15) is 0 Å². The van der Waals surface area contributed by atoms with Gasteiger partial charge in [0.05, 0.1) is 6.26 Å². The third-order valence-corrected chi connectivity index (χ3v) is 4.18. The molecule has 3 atom stereocenters.